The summed E-state index contributed by atoms with van der Waals surface area (Å²) in [5.74, 6) is -0.0172. The van der Waals surface area contributed by atoms with Crippen LogP contribution in [-0.2, 0) is 5.41 Å². The number of hydrogen-bond donors (Lipinski definition) is 0. The van der Waals surface area contributed by atoms with Gasteiger partial charge in [-0.25, -0.2) is 0 Å². The molecule has 5 nitrogen and oxygen atoms in total. The van der Waals surface area contributed by atoms with Crippen molar-refractivity contribution < 1.29 is 9.21 Å². The third-order valence-electron chi connectivity index (χ3n) is 6.68. The van der Waals surface area contributed by atoms with E-state index in [9.17, 15) is 9.59 Å². The van der Waals surface area contributed by atoms with Crippen molar-refractivity contribution >= 4 is 16.9 Å². The van der Waals surface area contributed by atoms with Gasteiger partial charge >= 0.3 is 0 Å². The molecule has 3 aromatic rings. The second-order valence-corrected chi connectivity index (χ2v) is 10.5. The zero-order valence-corrected chi connectivity index (χ0v) is 20.8. The van der Waals surface area contributed by atoms with Crippen molar-refractivity contribution in [2.45, 2.75) is 52.5 Å². The molecule has 2 heterocycles. The molecule has 0 radical (unpaired) electrons. The highest BCUT2D eigenvalue weighted by Crippen LogP contribution is 2.39. The Hall–Kier alpha value is -2.92. The highest BCUT2D eigenvalue weighted by Gasteiger charge is 2.42. The lowest BCUT2D eigenvalue weighted by atomic mass is 9.86. The number of carbonyl (C=O) groups is 1. The van der Waals surface area contributed by atoms with Crippen LogP contribution in [0.2, 0.25) is 0 Å². The molecule has 174 valence electrons. The quantitative estimate of drug-likeness (QED) is 0.540. The van der Waals surface area contributed by atoms with Crippen molar-refractivity contribution in [2.24, 2.45) is 0 Å². The van der Waals surface area contributed by atoms with E-state index in [-0.39, 0.29) is 22.5 Å². The Balaban J connectivity index is 1.88. The molecule has 1 aliphatic heterocycles. The first-order valence-electron chi connectivity index (χ1n) is 11.6. The molecule has 1 atom stereocenters. The van der Waals surface area contributed by atoms with Crippen LogP contribution in [0.5, 0.6) is 0 Å². The molecule has 2 aromatic carbocycles. The van der Waals surface area contributed by atoms with Gasteiger partial charge in [0.2, 0.25) is 5.76 Å². The van der Waals surface area contributed by atoms with Gasteiger partial charge in [0.1, 0.15) is 5.58 Å². The molecule has 0 bridgehead atoms. The number of benzene rings is 2. The van der Waals surface area contributed by atoms with E-state index in [4.69, 9.17) is 4.42 Å². The van der Waals surface area contributed by atoms with Crippen LogP contribution in [0, 0.1) is 13.8 Å². The topological polar surface area (TPSA) is 53.8 Å². The Labute approximate surface area is 196 Å². The summed E-state index contributed by atoms with van der Waals surface area (Å²) in [5, 5.41) is 0.538. The van der Waals surface area contributed by atoms with E-state index in [0.717, 1.165) is 29.7 Å². The zero-order chi connectivity index (χ0) is 24.1. The van der Waals surface area contributed by atoms with Crippen LogP contribution in [0.3, 0.4) is 0 Å². The Morgan fingerprint density at radius 2 is 1.64 bits per heavy atom. The average Bonchev–Trinajstić information content (AvgIpc) is 3.01. The number of hydrogen-bond acceptors (Lipinski definition) is 4. The highest BCUT2D eigenvalue weighted by molar-refractivity contribution is 5.99. The summed E-state index contributed by atoms with van der Waals surface area (Å²) < 4.78 is 6.12. The van der Waals surface area contributed by atoms with Gasteiger partial charge in [-0.05, 0) is 80.7 Å². The summed E-state index contributed by atoms with van der Waals surface area (Å²) in [6.45, 7) is 11.9. The molecule has 0 fully saturated rings. The third kappa shape index (κ3) is 4.22. The fraction of sp³-hybridized carbons (Fsp3) is 0.429. The van der Waals surface area contributed by atoms with E-state index in [1.165, 1.54) is 5.56 Å². The largest absolute Gasteiger partial charge is 0.450 e. The molecule has 1 aliphatic rings. The standard InChI is InChI=1S/C28H34N2O3/c1-17-15-21-22(16-18(17)2)33-26-23(25(21)31)24(30(27(26)32)14-8-13-29(6)7)19-9-11-20(12-10-19)28(3,4)5/h9-12,15-16,24H,8,13-14H2,1-7H3/t24-/m0/s1. The Morgan fingerprint density at radius 1 is 1.00 bits per heavy atom. The van der Waals surface area contributed by atoms with Crippen LogP contribution >= 0.6 is 0 Å². The Kier molecular flexibility index (Phi) is 5.95. The minimum Gasteiger partial charge on any atom is -0.450 e. The summed E-state index contributed by atoms with van der Waals surface area (Å²) in [7, 11) is 4.04. The van der Waals surface area contributed by atoms with Gasteiger partial charge in [-0.15, -0.1) is 0 Å². The summed E-state index contributed by atoms with van der Waals surface area (Å²) in [6, 6.07) is 11.6. The van der Waals surface area contributed by atoms with Gasteiger partial charge in [-0.3, -0.25) is 9.59 Å². The van der Waals surface area contributed by atoms with Crippen molar-refractivity contribution in [1.29, 1.82) is 0 Å². The van der Waals surface area contributed by atoms with Crippen LogP contribution in [0.4, 0.5) is 0 Å². The summed E-state index contributed by atoms with van der Waals surface area (Å²) in [5.41, 5.74) is 5.08. The third-order valence-corrected chi connectivity index (χ3v) is 6.68. The number of nitrogens with zero attached hydrogens (tertiary/aromatic N) is 2. The van der Waals surface area contributed by atoms with Crippen LogP contribution in [0.25, 0.3) is 11.0 Å². The van der Waals surface area contributed by atoms with E-state index in [2.05, 4.69) is 49.9 Å². The van der Waals surface area contributed by atoms with Gasteiger partial charge in [0, 0.05) is 6.54 Å². The van der Waals surface area contributed by atoms with Crippen molar-refractivity contribution in [3.05, 3.63) is 80.2 Å². The molecule has 0 unspecified atom stereocenters. The van der Waals surface area contributed by atoms with Crippen molar-refractivity contribution in [1.82, 2.24) is 9.80 Å². The summed E-state index contributed by atoms with van der Waals surface area (Å²) >= 11 is 0. The molecule has 1 aromatic heterocycles. The minimum atomic E-state index is -0.439. The molecule has 1 amide bonds. The predicted molar refractivity (Wildman–Crippen MR) is 133 cm³/mol. The summed E-state index contributed by atoms with van der Waals surface area (Å²) in [4.78, 5) is 31.1. The first kappa shape index (κ1) is 23.2. The smallest absolute Gasteiger partial charge is 0.290 e. The molecule has 33 heavy (non-hydrogen) atoms. The Bertz CT molecular complexity index is 1260. The lowest BCUT2D eigenvalue weighted by Crippen LogP contribution is -2.32. The number of aryl methyl sites for hydroxylation is 2. The molecular formula is C28H34N2O3. The molecule has 0 aliphatic carbocycles. The maximum atomic E-state index is 13.7. The molecule has 4 rings (SSSR count). The first-order chi connectivity index (χ1) is 15.5. The molecule has 0 N–H and O–H groups in total. The van der Waals surface area contributed by atoms with Crippen LogP contribution < -0.4 is 5.43 Å². The summed E-state index contributed by atoms with van der Waals surface area (Å²) in [6.07, 6.45) is 0.815. The number of fused-ring (bicyclic) bond motifs is 2. The maximum absolute atomic E-state index is 13.7. The Morgan fingerprint density at radius 3 is 2.24 bits per heavy atom. The SMILES string of the molecule is Cc1cc2oc3c(c(=O)c2cc1C)[C@H](c1ccc(C(C)(C)C)cc1)N(CCCN(C)C)C3=O. The highest BCUT2D eigenvalue weighted by atomic mass is 16.3. The van der Waals surface area contributed by atoms with E-state index in [1.54, 1.807) is 0 Å². The lowest BCUT2D eigenvalue weighted by molar-refractivity contribution is 0.0722. The lowest BCUT2D eigenvalue weighted by Gasteiger charge is -2.27. The molecule has 0 saturated carbocycles. The van der Waals surface area contributed by atoms with Gasteiger partial charge < -0.3 is 14.2 Å². The van der Waals surface area contributed by atoms with Crippen molar-refractivity contribution in [3.63, 3.8) is 0 Å². The average molecular weight is 447 g/mol. The molecule has 5 heteroatoms. The fourth-order valence-electron chi connectivity index (χ4n) is 4.58. The zero-order valence-electron chi connectivity index (χ0n) is 20.8. The first-order valence-corrected chi connectivity index (χ1v) is 11.6. The van der Waals surface area contributed by atoms with E-state index >= 15 is 0 Å². The number of carbonyl (C=O) groups excluding carboxylic acids is 1. The van der Waals surface area contributed by atoms with Crippen LogP contribution in [-0.4, -0.2) is 42.9 Å². The van der Waals surface area contributed by atoms with Crippen molar-refractivity contribution in [2.75, 3.05) is 27.2 Å². The van der Waals surface area contributed by atoms with Gasteiger partial charge in [0.15, 0.2) is 5.43 Å². The molecular weight excluding hydrogens is 412 g/mol. The monoisotopic (exact) mass is 446 g/mol. The second-order valence-electron chi connectivity index (χ2n) is 10.5. The van der Waals surface area contributed by atoms with Crippen LogP contribution in [0.15, 0.2) is 45.6 Å². The van der Waals surface area contributed by atoms with Gasteiger partial charge in [0.05, 0.1) is 17.0 Å². The second kappa shape index (κ2) is 8.45. The van der Waals surface area contributed by atoms with E-state index < -0.39 is 6.04 Å². The number of amides is 1. The number of rotatable bonds is 5. The van der Waals surface area contributed by atoms with Crippen LogP contribution in [0.1, 0.15) is 71.6 Å². The van der Waals surface area contributed by atoms with Gasteiger partial charge in [0.25, 0.3) is 5.91 Å². The van der Waals surface area contributed by atoms with Gasteiger partial charge in [-0.2, -0.15) is 0 Å². The minimum absolute atomic E-state index is 0.0257. The fourth-order valence-corrected chi connectivity index (χ4v) is 4.58. The normalized spacial score (nSPS) is 16.2. The van der Waals surface area contributed by atoms with Gasteiger partial charge in [-0.1, -0.05) is 45.0 Å². The van der Waals surface area contributed by atoms with E-state index in [1.807, 2.05) is 45.0 Å². The molecule has 0 saturated heterocycles. The predicted octanol–water partition coefficient (Wildman–Crippen LogP) is 5.20. The molecule has 0 spiro atoms. The van der Waals surface area contributed by atoms with E-state index in [0.29, 0.717) is 23.1 Å². The maximum Gasteiger partial charge on any atom is 0.290 e. The van der Waals surface area contributed by atoms with Crippen molar-refractivity contribution in [3.8, 4) is 0 Å².